The van der Waals surface area contributed by atoms with E-state index in [4.69, 9.17) is 16.1 Å². The largest absolute Gasteiger partial charge is 0.400 e. The Morgan fingerprint density at radius 3 is 1.44 bits per heavy atom. The quantitative estimate of drug-likeness (QED) is 0.504. The van der Waals surface area contributed by atoms with Crippen LogP contribution in [0.5, 0.6) is 0 Å². The Morgan fingerprint density at radius 2 is 1.44 bits per heavy atom. The zero-order chi connectivity index (χ0) is 8.28. The van der Waals surface area contributed by atoms with Crippen molar-refractivity contribution in [3.8, 4) is 6.07 Å². The molecule has 0 rings (SSSR count). The van der Waals surface area contributed by atoms with Crippen LogP contribution in [0.25, 0.3) is 0 Å². The summed E-state index contributed by atoms with van der Waals surface area (Å²) in [5.41, 5.74) is 5.11. The molecule has 0 spiro atoms. The van der Waals surface area contributed by atoms with Gasteiger partial charge in [0.1, 0.15) is 0 Å². The molecule has 0 aliphatic heterocycles. The van der Waals surface area contributed by atoms with Crippen molar-refractivity contribution in [1.29, 1.82) is 5.26 Å². The van der Waals surface area contributed by atoms with Crippen LogP contribution in [-0.4, -0.2) is 18.3 Å². The normalized spacial score (nSPS) is 5.56. The van der Waals surface area contributed by atoms with Gasteiger partial charge in [-0.15, -0.1) is 0 Å². The van der Waals surface area contributed by atoms with E-state index >= 15 is 0 Å². The van der Waals surface area contributed by atoms with Crippen molar-refractivity contribution in [2.24, 2.45) is 5.73 Å². The maximum absolute atomic E-state index is 7.32. The molecule has 0 heterocycles. The van der Waals surface area contributed by atoms with E-state index in [1.54, 1.807) is 6.07 Å². The van der Waals surface area contributed by atoms with Crippen LogP contribution in [0.4, 0.5) is 0 Å². The van der Waals surface area contributed by atoms with Gasteiger partial charge in [0.05, 0.1) is 6.07 Å². The minimum Gasteiger partial charge on any atom is -0.400 e. The second-order valence-electron chi connectivity index (χ2n) is 1.47. The molecule has 0 aliphatic rings. The summed E-state index contributed by atoms with van der Waals surface area (Å²) >= 11 is 0. The smallest absolute Gasteiger partial charge is 0.0587 e. The van der Waals surface area contributed by atoms with Crippen LogP contribution < -0.4 is 5.73 Å². The molecule has 3 heteroatoms. The Labute approximate surface area is 57.1 Å². The topological polar surface area (TPSA) is 70.0 Å². The lowest BCUT2D eigenvalue weighted by Crippen LogP contribution is -2.06. The predicted octanol–water partition coefficient (Wildman–Crippen LogP) is 0.492. The Hall–Kier alpha value is -0.590. The molecule has 0 saturated carbocycles. The second kappa shape index (κ2) is 26.2. The Bertz CT molecular complexity index is 53.8. The molecule has 0 bridgehead atoms. The number of hydrogen-bond acceptors (Lipinski definition) is 3. The minimum atomic E-state index is 0.333. The number of aliphatic hydroxyl groups is 1. The van der Waals surface area contributed by atoms with Gasteiger partial charge in [-0.2, -0.15) is 5.26 Å². The van der Waals surface area contributed by atoms with Crippen molar-refractivity contribution in [2.75, 3.05) is 7.11 Å². The second-order valence-corrected chi connectivity index (χ2v) is 1.47. The average molecular weight is 132 g/mol. The number of nitrogens with two attached hydrogens (primary N) is 1. The number of nitriles is 1. The molecule has 3 nitrogen and oxygen atoms in total. The van der Waals surface area contributed by atoms with Gasteiger partial charge >= 0.3 is 0 Å². The fraction of sp³-hybridized carbons (Fsp3) is 0.833. The van der Waals surface area contributed by atoms with E-state index in [-0.39, 0.29) is 0 Å². The van der Waals surface area contributed by atoms with E-state index in [1.165, 1.54) is 6.92 Å². The molecule has 0 radical (unpaired) electrons. The van der Waals surface area contributed by atoms with Crippen LogP contribution in [0.1, 0.15) is 20.8 Å². The Morgan fingerprint density at radius 1 is 1.44 bits per heavy atom. The summed E-state index contributed by atoms with van der Waals surface area (Å²) in [5, 5.41) is 14.3. The first-order valence-electron chi connectivity index (χ1n) is 2.66. The zero-order valence-electron chi connectivity index (χ0n) is 6.55. The van der Waals surface area contributed by atoms with E-state index in [9.17, 15) is 0 Å². The summed E-state index contributed by atoms with van der Waals surface area (Å²) in [6.45, 7) is 5.32. The molecule has 56 valence electrons. The van der Waals surface area contributed by atoms with E-state index < -0.39 is 0 Å². The summed E-state index contributed by atoms with van der Waals surface area (Å²) in [4.78, 5) is 0. The van der Waals surface area contributed by atoms with Crippen LogP contribution in [0.2, 0.25) is 0 Å². The SMILES string of the molecule is CC#N.CC(C)N.CO. The Kier molecular flexibility index (Phi) is 45.9. The molecule has 0 fully saturated rings. The molecule has 0 saturated heterocycles. The van der Waals surface area contributed by atoms with Gasteiger partial charge < -0.3 is 10.8 Å². The highest BCUT2D eigenvalue weighted by Crippen LogP contribution is 1.58. The fourth-order valence-corrected chi connectivity index (χ4v) is 0. The first kappa shape index (κ1) is 15.8. The number of hydrogen-bond donors (Lipinski definition) is 2. The summed E-state index contributed by atoms with van der Waals surface area (Å²) in [6, 6.07) is 2.08. The lowest BCUT2D eigenvalue weighted by atomic mass is 10.5. The molecule has 0 amide bonds. The summed E-state index contributed by atoms with van der Waals surface area (Å²) in [5.74, 6) is 0. The third-order valence-electron chi connectivity index (χ3n) is 0. The molecule has 9 heavy (non-hydrogen) atoms. The standard InChI is InChI=1S/C3H9N.C2H3N.CH4O/c1-3(2)4;1-2-3;1-2/h3H,4H2,1-2H3;1H3;2H,1H3. The van der Waals surface area contributed by atoms with E-state index in [0.717, 1.165) is 7.11 Å². The third-order valence-corrected chi connectivity index (χ3v) is 0. The van der Waals surface area contributed by atoms with Crippen molar-refractivity contribution in [3.05, 3.63) is 0 Å². The van der Waals surface area contributed by atoms with Crippen molar-refractivity contribution in [2.45, 2.75) is 26.8 Å². The van der Waals surface area contributed by atoms with Crippen LogP contribution in [0, 0.1) is 11.3 Å². The molecule has 0 unspecified atom stereocenters. The van der Waals surface area contributed by atoms with Crippen LogP contribution in [-0.2, 0) is 0 Å². The van der Waals surface area contributed by atoms with Crippen molar-refractivity contribution < 1.29 is 5.11 Å². The fourth-order valence-electron chi connectivity index (χ4n) is 0. The van der Waals surface area contributed by atoms with Gasteiger partial charge in [0.2, 0.25) is 0 Å². The monoisotopic (exact) mass is 132 g/mol. The van der Waals surface area contributed by atoms with Crippen molar-refractivity contribution in [3.63, 3.8) is 0 Å². The van der Waals surface area contributed by atoms with Crippen LogP contribution in [0.3, 0.4) is 0 Å². The third kappa shape index (κ3) is 623. The molecule has 0 aromatic rings. The van der Waals surface area contributed by atoms with Gasteiger partial charge in [-0.3, -0.25) is 0 Å². The highest BCUT2D eigenvalue weighted by Gasteiger charge is 1.67. The molecule has 0 aliphatic carbocycles. The lowest BCUT2D eigenvalue weighted by Gasteiger charge is -1.81. The van der Waals surface area contributed by atoms with Crippen molar-refractivity contribution >= 4 is 0 Å². The minimum absolute atomic E-state index is 0.333. The molecule has 0 atom stereocenters. The number of aliphatic hydroxyl groups excluding tert-OH is 1. The molecular formula is C6H16N2O. The van der Waals surface area contributed by atoms with E-state index in [2.05, 4.69) is 0 Å². The maximum atomic E-state index is 7.32. The summed E-state index contributed by atoms with van der Waals surface area (Å²) in [6.07, 6.45) is 0. The maximum Gasteiger partial charge on any atom is 0.0587 e. The molecule has 0 aromatic heterocycles. The average Bonchev–Trinajstić information content (AvgIpc) is 1.71. The summed E-state index contributed by atoms with van der Waals surface area (Å²) in [7, 11) is 1.00. The van der Waals surface area contributed by atoms with Crippen LogP contribution in [0.15, 0.2) is 0 Å². The highest BCUT2D eigenvalue weighted by atomic mass is 16.2. The lowest BCUT2D eigenvalue weighted by molar-refractivity contribution is 0.399. The van der Waals surface area contributed by atoms with Gasteiger partial charge in [0.15, 0.2) is 0 Å². The van der Waals surface area contributed by atoms with Gasteiger partial charge in [0.25, 0.3) is 0 Å². The molecule has 0 aromatic carbocycles. The molecule has 3 N–H and O–H groups in total. The van der Waals surface area contributed by atoms with Gasteiger partial charge in [-0.05, 0) is 6.04 Å². The predicted molar refractivity (Wildman–Crippen MR) is 38.8 cm³/mol. The van der Waals surface area contributed by atoms with Crippen molar-refractivity contribution in [1.82, 2.24) is 0 Å². The number of rotatable bonds is 0. The molecular weight excluding hydrogens is 116 g/mol. The number of nitrogens with zero attached hydrogens (tertiary/aromatic N) is 1. The zero-order valence-corrected chi connectivity index (χ0v) is 6.55. The van der Waals surface area contributed by atoms with Gasteiger partial charge in [0, 0.05) is 14.0 Å². The van der Waals surface area contributed by atoms with Crippen LogP contribution >= 0.6 is 0 Å². The summed E-state index contributed by atoms with van der Waals surface area (Å²) < 4.78 is 0. The first-order valence-corrected chi connectivity index (χ1v) is 2.66. The highest BCUT2D eigenvalue weighted by molar-refractivity contribution is 4.51. The first-order chi connectivity index (χ1) is 4.15. The van der Waals surface area contributed by atoms with Gasteiger partial charge in [-0.1, -0.05) is 13.8 Å². The Balaban J connectivity index is -0.0000000646. The van der Waals surface area contributed by atoms with E-state index in [1.807, 2.05) is 13.8 Å². The van der Waals surface area contributed by atoms with E-state index in [0.29, 0.717) is 6.04 Å². The van der Waals surface area contributed by atoms with Gasteiger partial charge in [-0.25, -0.2) is 0 Å².